The topological polar surface area (TPSA) is 82.1 Å². The van der Waals surface area contributed by atoms with Crippen LogP contribution in [-0.2, 0) is 19.3 Å². The molecule has 1 saturated carbocycles. The third kappa shape index (κ3) is 5.01. The molecular formula is C34H47FN6. The monoisotopic (exact) mass is 558 g/mol. The fraction of sp³-hybridized carbons (Fsp3) is 0.676. The molecule has 1 aromatic heterocycles. The molecule has 6 atom stereocenters. The number of benzene rings is 1. The number of hydrogen-bond donors (Lipinski definition) is 1. The molecule has 6 rings (SSSR count). The molecule has 0 amide bonds. The summed E-state index contributed by atoms with van der Waals surface area (Å²) in [6, 6.07) is 6.98. The summed E-state index contributed by atoms with van der Waals surface area (Å²) < 4.78 is 14.5. The van der Waals surface area contributed by atoms with Crippen LogP contribution >= 0.6 is 0 Å². The molecular weight excluding hydrogens is 511 g/mol. The molecule has 41 heavy (non-hydrogen) atoms. The number of rotatable bonds is 8. The van der Waals surface area contributed by atoms with E-state index in [1.807, 2.05) is 6.07 Å². The smallest absolute Gasteiger partial charge is 0.135 e. The normalized spacial score (nSPS) is 30.9. The third-order valence-corrected chi connectivity index (χ3v) is 11.2. The third-order valence-electron chi connectivity index (χ3n) is 11.2. The largest absolute Gasteiger partial charge is 0.398 e. The lowest BCUT2D eigenvalue weighted by Gasteiger charge is -2.42. The van der Waals surface area contributed by atoms with Crippen LogP contribution < -0.4 is 10.6 Å². The predicted octanol–water partition coefficient (Wildman–Crippen LogP) is 6.46. The molecule has 2 aliphatic heterocycles. The van der Waals surface area contributed by atoms with E-state index in [0.717, 1.165) is 80.8 Å². The minimum absolute atomic E-state index is 0.0292. The molecule has 220 valence electrons. The van der Waals surface area contributed by atoms with Gasteiger partial charge in [0.1, 0.15) is 23.9 Å². The number of alkyl halides is 1. The Morgan fingerprint density at radius 3 is 2.73 bits per heavy atom. The van der Waals surface area contributed by atoms with Crippen molar-refractivity contribution in [1.29, 1.82) is 5.26 Å². The van der Waals surface area contributed by atoms with Gasteiger partial charge in [-0.15, -0.1) is 0 Å². The lowest BCUT2D eigenvalue weighted by atomic mass is 9.73. The minimum Gasteiger partial charge on any atom is -0.398 e. The van der Waals surface area contributed by atoms with Crippen molar-refractivity contribution >= 4 is 11.5 Å². The molecule has 2 N–H and O–H groups in total. The quantitative estimate of drug-likeness (QED) is 0.375. The zero-order valence-corrected chi connectivity index (χ0v) is 25.4. The summed E-state index contributed by atoms with van der Waals surface area (Å²) in [7, 11) is 2.21. The molecule has 2 aliphatic carbocycles. The number of nitrogen functional groups attached to an aromatic ring is 1. The van der Waals surface area contributed by atoms with Gasteiger partial charge in [0, 0.05) is 42.8 Å². The molecule has 3 fully saturated rings. The van der Waals surface area contributed by atoms with Crippen molar-refractivity contribution < 1.29 is 4.39 Å². The van der Waals surface area contributed by atoms with Crippen LogP contribution in [0.1, 0.15) is 118 Å². The van der Waals surface area contributed by atoms with Gasteiger partial charge in [0.25, 0.3) is 0 Å². The summed E-state index contributed by atoms with van der Waals surface area (Å²) in [5, 5.41) is 10.1. The number of fused-ring (bicyclic) bond motifs is 2. The summed E-state index contributed by atoms with van der Waals surface area (Å²) in [4.78, 5) is 15.4. The predicted molar refractivity (Wildman–Crippen MR) is 163 cm³/mol. The molecule has 0 spiro atoms. The van der Waals surface area contributed by atoms with Gasteiger partial charge < -0.3 is 10.6 Å². The number of nitriles is 1. The fourth-order valence-electron chi connectivity index (χ4n) is 8.67. The van der Waals surface area contributed by atoms with Gasteiger partial charge in [-0.25, -0.2) is 14.4 Å². The van der Waals surface area contributed by atoms with Crippen LogP contribution in [-0.4, -0.2) is 52.8 Å². The minimum atomic E-state index is -0.716. The Morgan fingerprint density at radius 1 is 1.20 bits per heavy atom. The van der Waals surface area contributed by atoms with Crippen molar-refractivity contribution in [2.75, 3.05) is 30.8 Å². The molecule has 4 unspecified atom stereocenters. The average Bonchev–Trinajstić information content (AvgIpc) is 3.47. The van der Waals surface area contributed by atoms with Crippen LogP contribution in [0.4, 0.5) is 15.9 Å². The Bertz CT molecular complexity index is 1340. The van der Waals surface area contributed by atoms with E-state index in [-0.39, 0.29) is 11.5 Å². The van der Waals surface area contributed by atoms with Gasteiger partial charge in [0.15, 0.2) is 0 Å². The van der Waals surface area contributed by atoms with Crippen molar-refractivity contribution in [2.45, 2.75) is 121 Å². The first-order valence-corrected chi connectivity index (χ1v) is 16.1. The van der Waals surface area contributed by atoms with Crippen LogP contribution in [0.25, 0.3) is 0 Å². The van der Waals surface area contributed by atoms with Gasteiger partial charge in [0.05, 0.1) is 11.3 Å². The van der Waals surface area contributed by atoms with Crippen molar-refractivity contribution in [2.24, 2.45) is 5.92 Å². The average molecular weight is 559 g/mol. The number of halogens is 1. The lowest BCUT2D eigenvalue weighted by molar-refractivity contribution is 0.181. The highest BCUT2D eigenvalue weighted by molar-refractivity contribution is 5.63. The number of anilines is 2. The van der Waals surface area contributed by atoms with Gasteiger partial charge in [-0.05, 0) is 106 Å². The zero-order chi connectivity index (χ0) is 28.9. The van der Waals surface area contributed by atoms with Gasteiger partial charge in [-0.1, -0.05) is 26.8 Å². The van der Waals surface area contributed by atoms with Gasteiger partial charge >= 0.3 is 0 Å². The SMILES string of the molecule is CCc1c(CC2CC[C@H](C)c3ccc(N)c(C#N)c32)nc(CC[C@@]23CCCN2CC(F)C3)nc1N(C)C1CCC1C. The Labute approximate surface area is 245 Å². The van der Waals surface area contributed by atoms with E-state index in [2.05, 4.69) is 49.8 Å². The Hall–Kier alpha value is -2.72. The van der Waals surface area contributed by atoms with Gasteiger partial charge in [-0.3, -0.25) is 4.90 Å². The number of aromatic nitrogens is 2. The van der Waals surface area contributed by atoms with Crippen molar-refractivity contribution in [3.8, 4) is 6.07 Å². The van der Waals surface area contributed by atoms with Crippen molar-refractivity contribution in [1.82, 2.24) is 14.9 Å². The van der Waals surface area contributed by atoms with Gasteiger partial charge in [0.2, 0.25) is 0 Å². The number of aryl methyl sites for hydroxylation is 1. The molecule has 7 heteroatoms. The maximum atomic E-state index is 14.5. The second-order valence-corrected chi connectivity index (χ2v) is 13.6. The van der Waals surface area contributed by atoms with Gasteiger partial charge in [-0.2, -0.15) is 5.26 Å². The maximum absolute atomic E-state index is 14.5. The molecule has 0 bridgehead atoms. The number of hydrogen-bond acceptors (Lipinski definition) is 6. The van der Waals surface area contributed by atoms with Crippen LogP contribution in [0, 0.1) is 17.2 Å². The molecule has 4 aliphatic rings. The maximum Gasteiger partial charge on any atom is 0.135 e. The zero-order valence-electron chi connectivity index (χ0n) is 25.4. The molecule has 1 aromatic carbocycles. The molecule has 6 nitrogen and oxygen atoms in total. The van der Waals surface area contributed by atoms with Crippen molar-refractivity contribution in [3.63, 3.8) is 0 Å². The number of nitrogens with zero attached hydrogens (tertiary/aromatic N) is 5. The van der Waals surface area contributed by atoms with E-state index in [1.165, 1.54) is 24.0 Å². The summed E-state index contributed by atoms with van der Waals surface area (Å²) in [5.41, 5.74) is 12.3. The summed E-state index contributed by atoms with van der Waals surface area (Å²) >= 11 is 0. The van der Waals surface area contributed by atoms with E-state index in [9.17, 15) is 9.65 Å². The summed E-state index contributed by atoms with van der Waals surface area (Å²) in [6.45, 7) is 8.41. The highest BCUT2D eigenvalue weighted by Gasteiger charge is 2.48. The van der Waals surface area contributed by atoms with Crippen LogP contribution in [0.5, 0.6) is 0 Å². The molecule has 2 aromatic rings. The highest BCUT2D eigenvalue weighted by Crippen LogP contribution is 2.45. The Morgan fingerprint density at radius 2 is 2.02 bits per heavy atom. The first-order chi connectivity index (χ1) is 19.7. The first kappa shape index (κ1) is 28.4. The van der Waals surface area contributed by atoms with E-state index < -0.39 is 6.17 Å². The standard InChI is InChI=1S/C34H47FN6/c1-5-25-29(17-23-9-7-21(2)26-10-11-28(37)27(19-36)32(23)26)38-31(39-33(25)40(4)30-12-8-22(30)3)13-15-34-14-6-16-41(34)20-24(35)18-34/h10-11,21-24,30H,5-9,12-18,20,37H2,1-4H3/t21-,22?,23?,24?,30?,34+/m0/s1. The summed E-state index contributed by atoms with van der Waals surface area (Å²) in [5.74, 6) is 3.26. The second-order valence-electron chi connectivity index (χ2n) is 13.6. The van der Waals surface area contributed by atoms with E-state index >= 15 is 0 Å². The molecule has 0 radical (unpaired) electrons. The first-order valence-electron chi connectivity index (χ1n) is 16.1. The Kier molecular flexibility index (Phi) is 7.74. The van der Waals surface area contributed by atoms with Crippen molar-refractivity contribution in [3.05, 3.63) is 45.9 Å². The van der Waals surface area contributed by atoms with Crippen LogP contribution in [0.3, 0.4) is 0 Å². The molecule has 2 saturated heterocycles. The van der Waals surface area contributed by atoms with Crippen LogP contribution in [0.15, 0.2) is 12.1 Å². The van der Waals surface area contributed by atoms with E-state index in [4.69, 9.17) is 15.7 Å². The lowest BCUT2D eigenvalue weighted by Crippen LogP contribution is -2.45. The van der Waals surface area contributed by atoms with E-state index in [0.29, 0.717) is 42.1 Å². The summed E-state index contributed by atoms with van der Waals surface area (Å²) in [6.07, 6.45) is 10.1. The fourth-order valence-corrected chi connectivity index (χ4v) is 8.67. The van der Waals surface area contributed by atoms with E-state index in [1.54, 1.807) is 0 Å². The van der Waals surface area contributed by atoms with Crippen LogP contribution in [0.2, 0.25) is 0 Å². The highest BCUT2D eigenvalue weighted by atomic mass is 19.1. The second kappa shape index (κ2) is 11.2. The molecule has 3 heterocycles. The number of nitrogens with two attached hydrogens (primary N) is 1. The Balaban J connectivity index is 1.37.